The van der Waals surface area contributed by atoms with Crippen LogP contribution in [0.25, 0.3) is 0 Å². The van der Waals surface area contributed by atoms with Crippen LogP contribution >= 0.6 is 7.60 Å². The second-order valence-corrected chi connectivity index (χ2v) is 4.82. The first-order valence-corrected chi connectivity index (χ1v) is 6.55. The van der Waals surface area contributed by atoms with E-state index in [1.165, 1.54) is 0 Å². The average molecular weight is 266 g/mol. The highest BCUT2D eigenvalue weighted by Gasteiger charge is 2.19. The maximum absolute atomic E-state index is 11.0. The molecule has 0 bridgehead atoms. The van der Waals surface area contributed by atoms with Crippen molar-refractivity contribution in [2.45, 2.75) is 6.92 Å². The molecule has 0 saturated carbocycles. The van der Waals surface area contributed by atoms with Gasteiger partial charge in [-0.2, -0.15) is 0 Å². The summed E-state index contributed by atoms with van der Waals surface area (Å²) in [6, 6.07) is 0. The summed E-state index contributed by atoms with van der Waals surface area (Å²) >= 11 is 0. The lowest BCUT2D eigenvalue weighted by molar-refractivity contribution is -0.139. The first kappa shape index (κ1) is 16.0. The third-order valence-corrected chi connectivity index (χ3v) is 2.25. The molecule has 0 aliphatic heterocycles. The molecule has 8 heteroatoms. The van der Waals surface area contributed by atoms with Gasteiger partial charge in [0, 0.05) is 0 Å². The number of carbonyl (C=O) groups is 2. The molecule has 2 N–H and O–H groups in total. The molecule has 0 aromatic heterocycles. The second kappa shape index (κ2) is 7.34. The summed E-state index contributed by atoms with van der Waals surface area (Å²) in [4.78, 5) is 39.0. The van der Waals surface area contributed by atoms with Crippen LogP contribution in [0.15, 0.2) is 12.2 Å². The van der Waals surface area contributed by atoms with E-state index < -0.39 is 32.1 Å². The maximum atomic E-state index is 11.0. The lowest BCUT2D eigenvalue weighted by Gasteiger charge is -2.06. The van der Waals surface area contributed by atoms with Crippen LogP contribution in [0.2, 0.25) is 0 Å². The number of ether oxygens (including phenoxy) is 2. The predicted octanol–water partition coefficient (Wildman–Crippen LogP) is -0.131. The van der Waals surface area contributed by atoms with Gasteiger partial charge in [-0.1, -0.05) is 6.58 Å². The van der Waals surface area contributed by atoms with Crippen LogP contribution in [0.3, 0.4) is 0 Å². The first-order chi connectivity index (χ1) is 7.76. The summed E-state index contributed by atoms with van der Waals surface area (Å²) in [5.41, 5.74) is 0.0378. The van der Waals surface area contributed by atoms with Gasteiger partial charge in [0.25, 0.3) is 0 Å². The molecule has 0 aromatic carbocycles. The van der Waals surface area contributed by atoms with Crippen molar-refractivity contribution >= 4 is 19.3 Å². The van der Waals surface area contributed by atoms with Gasteiger partial charge in [0.15, 0.2) is 5.78 Å². The Hall–Kier alpha value is -1.01. The van der Waals surface area contributed by atoms with E-state index in [4.69, 9.17) is 14.5 Å². The predicted molar refractivity (Wildman–Crippen MR) is 58.5 cm³/mol. The van der Waals surface area contributed by atoms with Crippen LogP contribution in [-0.2, 0) is 23.6 Å². The molecule has 0 spiro atoms. The number of Topliss-reactive ketones (excluding diaryl/α,β-unsaturated/α-hetero) is 1. The number of carbonyl (C=O) groups excluding carboxylic acids is 2. The largest absolute Gasteiger partial charge is 0.463 e. The smallest absolute Gasteiger partial charge is 0.335 e. The zero-order chi connectivity index (χ0) is 13.5. The highest BCUT2D eigenvalue weighted by molar-refractivity contribution is 7.52. The zero-order valence-corrected chi connectivity index (χ0v) is 10.3. The monoisotopic (exact) mass is 266 g/mol. The van der Waals surface area contributed by atoms with Crippen molar-refractivity contribution in [3.8, 4) is 0 Å². The van der Waals surface area contributed by atoms with Gasteiger partial charge in [0.1, 0.15) is 12.8 Å². The molecule has 0 heterocycles. The van der Waals surface area contributed by atoms with E-state index in [0.29, 0.717) is 0 Å². The summed E-state index contributed by atoms with van der Waals surface area (Å²) in [5.74, 6) is -1.37. The second-order valence-electron chi connectivity index (χ2n) is 3.18. The molecule has 7 nitrogen and oxygen atoms in total. The average Bonchev–Trinajstić information content (AvgIpc) is 2.14. The van der Waals surface area contributed by atoms with Crippen molar-refractivity contribution in [2.24, 2.45) is 0 Å². The fourth-order valence-electron chi connectivity index (χ4n) is 0.856. The van der Waals surface area contributed by atoms with E-state index in [1.807, 2.05) is 0 Å². The Labute approximate surface area is 98.6 Å². The molecule has 0 saturated heterocycles. The van der Waals surface area contributed by atoms with Crippen molar-refractivity contribution in [1.29, 1.82) is 0 Å². The maximum Gasteiger partial charge on any atom is 0.335 e. The van der Waals surface area contributed by atoms with Crippen LogP contribution in [0.4, 0.5) is 0 Å². The third kappa shape index (κ3) is 8.76. The molecule has 0 rings (SSSR count). The standard InChI is InChI=1S/C9H15O7P/c1-3-16-9(11)7(2)4-15-5-8(10)6-17(12,13)14/h2-6H2,1H3,(H2,12,13,14). The molecule has 0 atom stereocenters. The highest BCUT2D eigenvalue weighted by Crippen LogP contribution is 2.33. The fourth-order valence-corrected chi connectivity index (χ4v) is 1.41. The zero-order valence-electron chi connectivity index (χ0n) is 9.42. The van der Waals surface area contributed by atoms with Crippen LogP contribution < -0.4 is 0 Å². The van der Waals surface area contributed by atoms with Crippen molar-refractivity contribution in [2.75, 3.05) is 26.0 Å². The Morgan fingerprint density at radius 3 is 2.35 bits per heavy atom. The molecular formula is C9H15O7P. The molecule has 0 amide bonds. The van der Waals surface area contributed by atoms with Crippen LogP contribution in [0.1, 0.15) is 6.92 Å². The minimum atomic E-state index is -4.36. The highest BCUT2D eigenvalue weighted by atomic mass is 31.2. The molecule has 0 fully saturated rings. The summed E-state index contributed by atoms with van der Waals surface area (Å²) in [6.07, 6.45) is -0.876. The van der Waals surface area contributed by atoms with Crippen LogP contribution in [-0.4, -0.2) is 47.5 Å². The van der Waals surface area contributed by atoms with Gasteiger partial charge in [-0.15, -0.1) is 0 Å². The van der Waals surface area contributed by atoms with Gasteiger partial charge in [0.05, 0.1) is 18.8 Å². The Morgan fingerprint density at radius 2 is 1.88 bits per heavy atom. The number of hydrogen-bond acceptors (Lipinski definition) is 5. The lowest BCUT2D eigenvalue weighted by Crippen LogP contribution is -2.17. The summed E-state index contributed by atoms with van der Waals surface area (Å²) < 4.78 is 19.8. The van der Waals surface area contributed by atoms with E-state index in [-0.39, 0.29) is 18.8 Å². The third-order valence-electron chi connectivity index (χ3n) is 1.49. The molecule has 0 aliphatic carbocycles. The van der Waals surface area contributed by atoms with E-state index in [1.54, 1.807) is 6.92 Å². The van der Waals surface area contributed by atoms with Crippen molar-refractivity contribution in [1.82, 2.24) is 0 Å². The SMILES string of the molecule is C=C(COCC(=O)CP(=O)(O)O)C(=O)OCC. The number of esters is 1. The first-order valence-electron chi connectivity index (χ1n) is 4.75. The Bertz CT molecular complexity index is 343. The van der Waals surface area contributed by atoms with Gasteiger partial charge < -0.3 is 19.3 Å². The van der Waals surface area contributed by atoms with Gasteiger partial charge in [-0.3, -0.25) is 9.36 Å². The molecule has 0 aromatic rings. The number of ketones is 1. The van der Waals surface area contributed by atoms with Gasteiger partial charge in [-0.25, -0.2) is 4.79 Å². The van der Waals surface area contributed by atoms with E-state index >= 15 is 0 Å². The van der Waals surface area contributed by atoms with Gasteiger partial charge in [0.2, 0.25) is 0 Å². The van der Waals surface area contributed by atoms with Gasteiger partial charge in [-0.05, 0) is 6.92 Å². The summed E-state index contributed by atoms with van der Waals surface area (Å²) in [5, 5.41) is 0. The molecule has 98 valence electrons. The lowest BCUT2D eigenvalue weighted by atomic mass is 10.3. The summed E-state index contributed by atoms with van der Waals surface area (Å²) in [7, 11) is -4.36. The normalized spacial score (nSPS) is 11.0. The van der Waals surface area contributed by atoms with Crippen molar-refractivity contribution < 1.29 is 33.4 Å². The summed E-state index contributed by atoms with van der Waals surface area (Å²) in [6.45, 7) is 4.52. The Balaban J connectivity index is 3.85. The minimum Gasteiger partial charge on any atom is -0.463 e. The number of hydrogen-bond donors (Lipinski definition) is 2. The molecular weight excluding hydrogens is 251 g/mol. The quantitative estimate of drug-likeness (QED) is 0.357. The van der Waals surface area contributed by atoms with Gasteiger partial charge >= 0.3 is 13.6 Å². The Kier molecular flexibility index (Phi) is 6.91. The van der Waals surface area contributed by atoms with E-state index in [2.05, 4.69) is 11.3 Å². The fraction of sp³-hybridized carbons (Fsp3) is 0.556. The van der Waals surface area contributed by atoms with Crippen molar-refractivity contribution in [3.63, 3.8) is 0 Å². The van der Waals surface area contributed by atoms with E-state index in [0.717, 1.165) is 0 Å². The van der Waals surface area contributed by atoms with E-state index in [9.17, 15) is 14.2 Å². The Morgan fingerprint density at radius 1 is 1.29 bits per heavy atom. The topological polar surface area (TPSA) is 110 Å². The molecule has 0 unspecified atom stereocenters. The minimum absolute atomic E-state index is 0.0378. The number of rotatable bonds is 8. The molecule has 0 aliphatic rings. The molecule has 0 radical (unpaired) electrons. The molecule has 17 heavy (non-hydrogen) atoms. The van der Waals surface area contributed by atoms with Crippen LogP contribution in [0.5, 0.6) is 0 Å². The van der Waals surface area contributed by atoms with Crippen LogP contribution in [0, 0.1) is 0 Å². The van der Waals surface area contributed by atoms with Crippen molar-refractivity contribution in [3.05, 3.63) is 12.2 Å².